The number of thiophene rings is 1. The van der Waals surface area contributed by atoms with Crippen LogP contribution in [0.1, 0.15) is 24.8 Å². The second kappa shape index (κ2) is 11.1. The number of likely N-dealkylation sites (N-methyl/N-ethyl adjacent to an activating group) is 1. The highest BCUT2D eigenvalue weighted by molar-refractivity contribution is 7.07. The lowest BCUT2D eigenvalue weighted by molar-refractivity contribution is -0.192. The number of carbonyl (C=O) groups excluding carboxylic acids is 1. The molecule has 2 saturated heterocycles. The van der Waals surface area contributed by atoms with Crippen molar-refractivity contribution in [2.24, 2.45) is 0 Å². The van der Waals surface area contributed by atoms with Crippen molar-refractivity contribution in [3.05, 3.63) is 22.4 Å². The second-order valence-electron chi connectivity index (χ2n) is 7.44. The van der Waals surface area contributed by atoms with Crippen LogP contribution in [0.15, 0.2) is 16.8 Å². The van der Waals surface area contributed by atoms with Crippen LogP contribution in [0.3, 0.4) is 0 Å². The topological polar surface area (TPSA) is 79.3 Å². The first-order valence-corrected chi connectivity index (χ1v) is 10.5. The first-order valence-electron chi connectivity index (χ1n) is 9.56. The van der Waals surface area contributed by atoms with E-state index in [1.807, 2.05) is 0 Å². The minimum absolute atomic E-state index is 0.00138. The van der Waals surface area contributed by atoms with Crippen molar-refractivity contribution in [1.82, 2.24) is 9.80 Å². The van der Waals surface area contributed by atoms with Gasteiger partial charge in [-0.25, -0.2) is 4.79 Å². The number of rotatable bonds is 6. The predicted octanol–water partition coefficient (Wildman–Crippen LogP) is 2.61. The first kappa shape index (κ1) is 24.6. The molecule has 2 aliphatic heterocycles. The highest BCUT2D eigenvalue weighted by atomic mass is 32.1. The number of carboxylic acid groups (broad SMARTS) is 1. The summed E-state index contributed by atoms with van der Waals surface area (Å²) < 4.78 is 43.5. The molecule has 3 heterocycles. The van der Waals surface area contributed by atoms with Gasteiger partial charge in [0.2, 0.25) is 5.91 Å². The standard InChI is InChI=1S/C17H26N2O3S.C2HF3O2/c1-18(2)17(20)11-21-10-14-3-4-15-16(22-14)5-7-19(15)9-13-6-8-23-12-13;3-2(4,5)1(6)7/h6,8,12,14-16H,3-5,7,9-11H2,1-2H3;(H,6,7)/t14?,15-,16-;/m0./s1. The minimum atomic E-state index is -5.08. The van der Waals surface area contributed by atoms with Gasteiger partial charge < -0.3 is 19.5 Å². The fraction of sp³-hybridized carbons (Fsp3) is 0.684. The summed E-state index contributed by atoms with van der Waals surface area (Å²) in [4.78, 5) is 24.5. The molecule has 1 N–H and O–H groups in total. The molecule has 1 aromatic rings. The molecule has 2 aliphatic rings. The van der Waals surface area contributed by atoms with Crippen molar-refractivity contribution >= 4 is 23.2 Å². The predicted molar refractivity (Wildman–Crippen MR) is 104 cm³/mol. The third-order valence-corrected chi connectivity index (χ3v) is 5.72. The third kappa shape index (κ3) is 7.53. The van der Waals surface area contributed by atoms with Crippen LogP contribution in [0.2, 0.25) is 0 Å². The van der Waals surface area contributed by atoms with E-state index in [9.17, 15) is 18.0 Å². The van der Waals surface area contributed by atoms with Gasteiger partial charge in [0.1, 0.15) is 6.61 Å². The number of fused-ring (bicyclic) bond motifs is 1. The van der Waals surface area contributed by atoms with Crippen molar-refractivity contribution in [1.29, 1.82) is 0 Å². The van der Waals surface area contributed by atoms with Gasteiger partial charge in [-0.05, 0) is 41.7 Å². The Hall–Kier alpha value is -1.69. The van der Waals surface area contributed by atoms with Gasteiger partial charge in [0.15, 0.2) is 0 Å². The van der Waals surface area contributed by atoms with Gasteiger partial charge in [-0.15, -0.1) is 0 Å². The van der Waals surface area contributed by atoms with Crippen LogP contribution in [0, 0.1) is 0 Å². The number of carboxylic acids is 1. The maximum Gasteiger partial charge on any atom is 0.490 e. The number of amides is 1. The van der Waals surface area contributed by atoms with Gasteiger partial charge in [0, 0.05) is 33.2 Å². The maximum atomic E-state index is 11.5. The van der Waals surface area contributed by atoms with Gasteiger partial charge in [0.25, 0.3) is 0 Å². The Labute approximate surface area is 177 Å². The molecular weight excluding hydrogens is 425 g/mol. The Morgan fingerprint density at radius 1 is 1.33 bits per heavy atom. The number of hydrogen-bond acceptors (Lipinski definition) is 6. The van der Waals surface area contributed by atoms with E-state index in [1.165, 1.54) is 5.56 Å². The molecule has 1 aromatic heterocycles. The van der Waals surface area contributed by atoms with E-state index in [-0.39, 0.29) is 18.6 Å². The van der Waals surface area contributed by atoms with Crippen molar-refractivity contribution < 1.29 is 37.3 Å². The van der Waals surface area contributed by atoms with Gasteiger partial charge >= 0.3 is 12.1 Å². The molecule has 0 saturated carbocycles. The summed E-state index contributed by atoms with van der Waals surface area (Å²) in [6.45, 7) is 2.81. The number of ether oxygens (including phenoxy) is 2. The fourth-order valence-electron chi connectivity index (χ4n) is 3.43. The van der Waals surface area contributed by atoms with E-state index in [4.69, 9.17) is 19.4 Å². The molecule has 0 spiro atoms. The van der Waals surface area contributed by atoms with Gasteiger partial charge in [0.05, 0.1) is 18.8 Å². The quantitative estimate of drug-likeness (QED) is 0.715. The summed E-state index contributed by atoms with van der Waals surface area (Å²) in [5.41, 5.74) is 1.41. The number of nitrogens with zero attached hydrogens (tertiary/aromatic N) is 2. The van der Waals surface area contributed by atoms with Gasteiger partial charge in [-0.3, -0.25) is 9.69 Å². The summed E-state index contributed by atoms with van der Waals surface area (Å²) >= 11 is 1.76. The molecule has 30 heavy (non-hydrogen) atoms. The third-order valence-electron chi connectivity index (χ3n) is 4.99. The van der Waals surface area contributed by atoms with Crippen LogP contribution in [-0.4, -0.2) is 85.1 Å². The van der Waals surface area contributed by atoms with Crippen LogP contribution in [0.25, 0.3) is 0 Å². The first-order chi connectivity index (χ1) is 14.1. The molecule has 1 amide bonds. The largest absolute Gasteiger partial charge is 0.490 e. The molecule has 170 valence electrons. The highest BCUT2D eigenvalue weighted by Gasteiger charge is 2.40. The summed E-state index contributed by atoms with van der Waals surface area (Å²) in [5.74, 6) is -2.76. The maximum absolute atomic E-state index is 11.5. The van der Waals surface area contributed by atoms with Crippen LogP contribution >= 0.6 is 11.3 Å². The fourth-order valence-corrected chi connectivity index (χ4v) is 4.09. The Kier molecular flexibility index (Phi) is 9.08. The van der Waals surface area contributed by atoms with E-state index in [2.05, 4.69) is 21.7 Å². The normalized spacial score (nSPS) is 24.0. The molecule has 3 rings (SSSR count). The average Bonchev–Trinajstić information content (AvgIpc) is 3.31. The summed E-state index contributed by atoms with van der Waals surface area (Å²) in [6.07, 6.45) is -1.36. The zero-order valence-electron chi connectivity index (χ0n) is 16.9. The van der Waals surface area contributed by atoms with E-state index in [0.717, 1.165) is 32.4 Å². The van der Waals surface area contributed by atoms with Crippen molar-refractivity contribution in [2.45, 2.75) is 50.2 Å². The minimum Gasteiger partial charge on any atom is -0.475 e. The molecular formula is C19H27F3N2O5S. The molecule has 0 aliphatic carbocycles. The summed E-state index contributed by atoms with van der Waals surface area (Å²) in [5, 5.41) is 11.5. The molecule has 0 bridgehead atoms. The Morgan fingerprint density at radius 3 is 2.60 bits per heavy atom. The summed E-state index contributed by atoms with van der Waals surface area (Å²) in [6, 6.07) is 2.75. The average molecular weight is 452 g/mol. The number of aliphatic carboxylic acids is 1. The van der Waals surface area contributed by atoms with Gasteiger partial charge in [-0.1, -0.05) is 0 Å². The molecule has 3 atom stereocenters. The van der Waals surface area contributed by atoms with Crippen molar-refractivity contribution in [3.63, 3.8) is 0 Å². The van der Waals surface area contributed by atoms with E-state index in [1.54, 1.807) is 30.3 Å². The van der Waals surface area contributed by atoms with Crippen molar-refractivity contribution in [2.75, 3.05) is 33.9 Å². The second-order valence-corrected chi connectivity index (χ2v) is 8.22. The van der Waals surface area contributed by atoms with Crippen LogP contribution < -0.4 is 0 Å². The zero-order valence-corrected chi connectivity index (χ0v) is 17.7. The zero-order chi connectivity index (χ0) is 22.3. The van der Waals surface area contributed by atoms with E-state index >= 15 is 0 Å². The lowest BCUT2D eigenvalue weighted by atomic mass is 9.99. The smallest absolute Gasteiger partial charge is 0.475 e. The molecule has 2 fully saturated rings. The van der Waals surface area contributed by atoms with Crippen LogP contribution in [0.4, 0.5) is 13.2 Å². The number of likely N-dealkylation sites (tertiary alicyclic amines) is 1. The van der Waals surface area contributed by atoms with E-state index < -0.39 is 12.1 Å². The molecule has 11 heteroatoms. The monoisotopic (exact) mass is 452 g/mol. The summed E-state index contributed by atoms with van der Waals surface area (Å²) in [7, 11) is 3.49. The number of hydrogen-bond donors (Lipinski definition) is 1. The molecule has 0 aromatic carbocycles. The Bertz CT molecular complexity index is 684. The SMILES string of the molecule is CN(C)C(=O)COCC1CC[C@H]2[C@H](CCN2Cc2ccsc2)O1.O=C(O)C(F)(F)F. The molecule has 1 unspecified atom stereocenters. The Balaban J connectivity index is 0.000000396. The number of alkyl halides is 3. The van der Waals surface area contributed by atoms with Crippen molar-refractivity contribution in [3.8, 4) is 0 Å². The highest BCUT2D eigenvalue weighted by Crippen LogP contribution is 2.32. The molecule has 0 radical (unpaired) electrons. The van der Waals surface area contributed by atoms with E-state index in [0.29, 0.717) is 18.8 Å². The Morgan fingerprint density at radius 2 is 2.03 bits per heavy atom. The lowest BCUT2D eigenvalue weighted by Gasteiger charge is -2.36. The molecule has 7 nitrogen and oxygen atoms in total. The van der Waals surface area contributed by atoms with Gasteiger partial charge in [-0.2, -0.15) is 24.5 Å². The lowest BCUT2D eigenvalue weighted by Crippen LogP contribution is -2.43. The number of carbonyl (C=O) groups is 2. The number of halogens is 3. The van der Waals surface area contributed by atoms with Crippen LogP contribution in [-0.2, 0) is 25.6 Å². The van der Waals surface area contributed by atoms with Crippen LogP contribution in [0.5, 0.6) is 0 Å².